The van der Waals surface area contributed by atoms with E-state index in [1.165, 1.54) is 11.5 Å². The second-order valence-corrected chi connectivity index (χ2v) is 4.92. The lowest BCUT2D eigenvalue weighted by molar-refractivity contribution is 1.15. The van der Waals surface area contributed by atoms with Crippen LogP contribution in [-0.4, -0.2) is 15.3 Å². The predicted octanol–water partition coefficient (Wildman–Crippen LogP) is 3.48. The molecule has 4 heteroatoms. The molecule has 0 unspecified atom stereocenters. The van der Waals surface area contributed by atoms with E-state index in [1.54, 1.807) is 11.8 Å². The number of benzene rings is 1. The van der Waals surface area contributed by atoms with Gasteiger partial charge in [-0.2, -0.15) is 0 Å². The van der Waals surface area contributed by atoms with E-state index in [1.807, 2.05) is 24.3 Å². The standard InChI is InChI=1S/C11H10N2S2/c1-2-8-14-11-10(12-13-15-11)9-6-4-3-5-7-9/h2-7H,1,8H2. The van der Waals surface area contributed by atoms with E-state index in [9.17, 15) is 0 Å². The van der Waals surface area contributed by atoms with Gasteiger partial charge < -0.3 is 0 Å². The Morgan fingerprint density at radius 1 is 1.33 bits per heavy atom. The first-order chi connectivity index (χ1) is 7.42. The molecule has 1 aromatic carbocycles. The van der Waals surface area contributed by atoms with Gasteiger partial charge in [-0.15, -0.1) is 23.4 Å². The van der Waals surface area contributed by atoms with E-state index in [0.29, 0.717) is 0 Å². The molecule has 2 nitrogen and oxygen atoms in total. The molecule has 0 saturated heterocycles. The molecule has 1 heterocycles. The van der Waals surface area contributed by atoms with E-state index in [2.05, 4.69) is 28.3 Å². The Balaban J connectivity index is 2.29. The highest BCUT2D eigenvalue weighted by Gasteiger charge is 2.09. The lowest BCUT2D eigenvalue weighted by Gasteiger charge is -1.98. The Morgan fingerprint density at radius 2 is 2.13 bits per heavy atom. The fraction of sp³-hybridized carbons (Fsp3) is 0.0909. The van der Waals surface area contributed by atoms with Gasteiger partial charge in [0.25, 0.3) is 0 Å². The van der Waals surface area contributed by atoms with Crippen molar-refractivity contribution in [1.82, 2.24) is 9.59 Å². The van der Waals surface area contributed by atoms with Crippen molar-refractivity contribution >= 4 is 23.3 Å². The Morgan fingerprint density at radius 3 is 2.87 bits per heavy atom. The van der Waals surface area contributed by atoms with Crippen LogP contribution in [0.3, 0.4) is 0 Å². The first-order valence-corrected chi connectivity index (χ1v) is 6.29. The summed E-state index contributed by atoms with van der Waals surface area (Å²) >= 11 is 3.16. The smallest absolute Gasteiger partial charge is 0.119 e. The Kier molecular flexibility index (Phi) is 3.53. The summed E-state index contributed by atoms with van der Waals surface area (Å²) in [5.41, 5.74) is 2.10. The molecule has 1 aromatic heterocycles. The quantitative estimate of drug-likeness (QED) is 0.598. The molecule has 2 aromatic rings. The molecule has 76 valence electrons. The molecule has 0 bridgehead atoms. The molecule has 0 fully saturated rings. The summed E-state index contributed by atoms with van der Waals surface area (Å²) in [6.07, 6.45) is 1.89. The maximum atomic E-state index is 4.15. The van der Waals surface area contributed by atoms with E-state index < -0.39 is 0 Å². The van der Waals surface area contributed by atoms with Crippen LogP contribution in [0.2, 0.25) is 0 Å². The molecule has 0 saturated carbocycles. The molecule has 0 amide bonds. The summed E-state index contributed by atoms with van der Waals surface area (Å²) in [6.45, 7) is 3.71. The van der Waals surface area contributed by atoms with Gasteiger partial charge in [0.2, 0.25) is 0 Å². The highest BCUT2D eigenvalue weighted by Crippen LogP contribution is 2.32. The maximum absolute atomic E-state index is 4.15. The number of thioether (sulfide) groups is 1. The van der Waals surface area contributed by atoms with Gasteiger partial charge in [-0.05, 0) is 11.5 Å². The fourth-order valence-corrected chi connectivity index (χ4v) is 2.70. The minimum Gasteiger partial charge on any atom is -0.137 e. The number of rotatable bonds is 4. The molecule has 15 heavy (non-hydrogen) atoms. The first-order valence-electron chi connectivity index (χ1n) is 4.53. The molecule has 0 N–H and O–H groups in total. The summed E-state index contributed by atoms with van der Waals surface area (Å²) in [6, 6.07) is 10.1. The van der Waals surface area contributed by atoms with Crippen LogP contribution in [0.15, 0.2) is 47.2 Å². The summed E-state index contributed by atoms with van der Waals surface area (Å²) in [4.78, 5) is 0. The maximum Gasteiger partial charge on any atom is 0.119 e. The highest BCUT2D eigenvalue weighted by molar-refractivity contribution is 8.01. The summed E-state index contributed by atoms with van der Waals surface area (Å²) in [7, 11) is 0. The van der Waals surface area contributed by atoms with E-state index in [4.69, 9.17) is 0 Å². The van der Waals surface area contributed by atoms with E-state index >= 15 is 0 Å². The van der Waals surface area contributed by atoms with E-state index in [-0.39, 0.29) is 0 Å². The molecule has 0 aliphatic heterocycles. The lowest BCUT2D eigenvalue weighted by Crippen LogP contribution is -1.80. The van der Waals surface area contributed by atoms with Gasteiger partial charge in [-0.25, -0.2) is 0 Å². The SMILES string of the molecule is C=CCSc1snnc1-c1ccccc1. The van der Waals surface area contributed by atoms with Gasteiger partial charge in [0.1, 0.15) is 9.90 Å². The molecule has 0 aliphatic carbocycles. The molecule has 0 radical (unpaired) electrons. The van der Waals surface area contributed by atoms with Crippen LogP contribution in [0.5, 0.6) is 0 Å². The van der Waals surface area contributed by atoms with Crippen molar-refractivity contribution in [2.45, 2.75) is 4.21 Å². The van der Waals surface area contributed by atoms with Crippen molar-refractivity contribution in [3.8, 4) is 11.3 Å². The third-order valence-electron chi connectivity index (χ3n) is 1.84. The number of aromatic nitrogens is 2. The van der Waals surface area contributed by atoms with Crippen molar-refractivity contribution in [2.24, 2.45) is 0 Å². The molecular formula is C11H10N2S2. The van der Waals surface area contributed by atoms with Gasteiger partial charge >= 0.3 is 0 Å². The van der Waals surface area contributed by atoms with E-state index in [0.717, 1.165) is 21.2 Å². The van der Waals surface area contributed by atoms with Crippen molar-refractivity contribution in [2.75, 3.05) is 5.75 Å². The fourth-order valence-electron chi connectivity index (χ4n) is 1.18. The monoisotopic (exact) mass is 234 g/mol. The topological polar surface area (TPSA) is 25.8 Å². The molecule has 0 aliphatic rings. The second kappa shape index (κ2) is 5.09. The van der Waals surface area contributed by atoms with Gasteiger partial charge in [0.05, 0.1) is 0 Å². The van der Waals surface area contributed by atoms with Crippen molar-refractivity contribution in [3.63, 3.8) is 0 Å². The average molecular weight is 234 g/mol. The normalized spacial score (nSPS) is 10.1. The van der Waals surface area contributed by atoms with Crippen molar-refractivity contribution < 1.29 is 0 Å². The third-order valence-corrected chi connectivity index (χ3v) is 3.79. The zero-order chi connectivity index (χ0) is 10.5. The van der Waals surface area contributed by atoms with Gasteiger partial charge in [-0.1, -0.05) is 40.9 Å². The molecule has 0 spiro atoms. The minimum absolute atomic E-state index is 0.893. The summed E-state index contributed by atoms with van der Waals surface area (Å²) < 4.78 is 5.14. The largest absolute Gasteiger partial charge is 0.137 e. The second-order valence-electron chi connectivity index (χ2n) is 2.87. The van der Waals surface area contributed by atoms with Gasteiger partial charge in [0, 0.05) is 11.3 Å². The summed E-state index contributed by atoms with van der Waals surface area (Å²) in [5.74, 6) is 0.893. The highest BCUT2D eigenvalue weighted by atomic mass is 32.2. The van der Waals surface area contributed by atoms with Crippen molar-refractivity contribution in [1.29, 1.82) is 0 Å². The number of hydrogen-bond donors (Lipinski definition) is 0. The van der Waals surface area contributed by atoms with Crippen molar-refractivity contribution in [3.05, 3.63) is 43.0 Å². The number of nitrogens with zero attached hydrogens (tertiary/aromatic N) is 2. The molecule has 2 rings (SSSR count). The average Bonchev–Trinajstić information content (AvgIpc) is 2.75. The van der Waals surface area contributed by atoms with Gasteiger partial charge in [0.15, 0.2) is 0 Å². The zero-order valence-electron chi connectivity index (χ0n) is 8.09. The zero-order valence-corrected chi connectivity index (χ0v) is 9.72. The first kappa shape index (κ1) is 10.4. The van der Waals surface area contributed by atoms with Crippen LogP contribution >= 0.6 is 23.3 Å². The summed E-state index contributed by atoms with van der Waals surface area (Å²) in [5, 5.41) is 4.15. The Hall–Kier alpha value is -1.13. The van der Waals surface area contributed by atoms with Crippen LogP contribution in [0.25, 0.3) is 11.3 Å². The Bertz CT molecular complexity index is 437. The van der Waals surface area contributed by atoms with Crippen LogP contribution in [0, 0.1) is 0 Å². The van der Waals surface area contributed by atoms with Crippen LogP contribution in [0.1, 0.15) is 0 Å². The van der Waals surface area contributed by atoms with Crippen LogP contribution < -0.4 is 0 Å². The van der Waals surface area contributed by atoms with Crippen LogP contribution in [0.4, 0.5) is 0 Å². The minimum atomic E-state index is 0.893. The van der Waals surface area contributed by atoms with Crippen LogP contribution in [-0.2, 0) is 0 Å². The molecule has 0 atom stereocenters. The third kappa shape index (κ3) is 2.46. The number of hydrogen-bond acceptors (Lipinski definition) is 4. The Labute approximate surface area is 97.2 Å². The van der Waals surface area contributed by atoms with Gasteiger partial charge in [-0.3, -0.25) is 0 Å². The molecular weight excluding hydrogens is 224 g/mol. The lowest BCUT2D eigenvalue weighted by atomic mass is 10.2. The predicted molar refractivity (Wildman–Crippen MR) is 66.3 cm³/mol.